The van der Waals surface area contributed by atoms with E-state index in [1.165, 1.54) is 11.6 Å². The second kappa shape index (κ2) is 8.94. The molecule has 0 bridgehead atoms. The number of hydrogen-bond acceptors (Lipinski definition) is 3. The zero-order chi connectivity index (χ0) is 19.1. The van der Waals surface area contributed by atoms with E-state index in [0.29, 0.717) is 12.2 Å². The van der Waals surface area contributed by atoms with Gasteiger partial charge in [0.25, 0.3) is 0 Å². The van der Waals surface area contributed by atoms with E-state index in [9.17, 15) is 4.79 Å². The zero-order valence-corrected chi connectivity index (χ0v) is 15.7. The Balaban J connectivity index is 1.58. The van der Waals surface area contributed by atoms with Crippen molar-refractivity contribution in [2.75, 3.05) is 0 Å². The number of carbonyl (C=O) groups is 1. The minimum Gasteiger partial charge on any atom is -0.346 e. The highest BCUT2D eigenvalue weighted by atomic mass is 16.1. The van der Waals surface area contributed by atoms with Gasteiger partial charge in [0.1, 0.15) is 5.69 Å². The van der Waals surface area contributed by atoms with Crippen LogP contribution in [0.25, 0.3) is 6.08 Å². The first-order valence-corrected chi connectivity index (χ1v) is 9.13. The first-order chi connectivity index (χ1) is 13.1. The van der Waals surface area contributed by atoms with Gasteiger partial charge in [-0.3, -0.25) is 4.79 Å². The van der Waals surface area contributed by atoms with Crippen LogP contribution in [-0.2, 0) is 11.3 Å². The van der Waals surface area contributed by atoms with Gasteiger partial charge in [0.05, 0.1) is 18.8 Å². The summed E-state index contributed by atoms with van der Waals surface area (Å²) >= 11 is 0. The summed E-state index contributed by atoms with van der Waals surface area (Å²) in [6.07, 6.45) is 5.85. The van der Waals surface area contributed by atoms with Crippen molar-refractivity contribution in [3.63, 3.8) is 0 Å². The Bertz CT molecular complexity index is 898. The Hall–Kier alpha value is -3.21. The fourth-order valence-electron chi connectivity index (χ4n) is 2.84. The zero-order valence-electron chi connectivity index (χ0n) is 15.7. The van der Waals surface area contributed by atoms with Crippen LogP contribution in [-0.4, -0.2) is 20.9 Å². The van der Waals surface area contributed by atoms with Crippen molar-refractivity contribution >= 4 is 12.0 Å². The second-order valence-electron chi connectivity index (χ2n) is 6.54. The summed E-state index contributed by atoms with van der Waals surface area (Å²) in [7, 11) is 0. The smallest absolute Gasteiger partial charge is 0.244 e. The number of carbonyl (C=O) groups excluding carboxylic acids is 1. The Morgan fingerprint density at radius 2 is 1.89 bits per heavy atom. The van der Waals surface area contributed by atoms with Crippen LogP contribution in [0.5, 0.6) is 0 Å². The van der Waals surface area contributed by atoms with Crippen molar-refractivity contribution in [2.45, 2.75) is 32.9 Å². The lowest BCUT2D eigenvalue weighted by Crippen LogP contribution is -2.26. The summed E-state index contributed by atoms with van der Waals surface area (Å²) in [5.41, 5.74) is 4.13. The van der Waals surface area contributed by atoms with E-state index in [0.717, 1.165) is 17.5 Å². The molecule has 1 amide bonds. The molecule has 27 heavy (non-hydrogen) atoms. The standard InChI is InChI=1S/C22H24N4O/c1-3-21(19-11-9-17(2)10-12-19)23-22(27)14-13-20-16-26(25-24-20)15-18-7-5-4-6-8-18/h4-14,16,21H,3,15H2,1-2H3,(H,23,27)/b14-13+/t21-/m0/s1. The summed E-state index contributed by atoms with van der Waals surface area (Å²) < 4.78 is 1.76. The van der Waals surface area contributed by atoms with Crippen LogP contribution in [0.1, 0.15) is 41.8 Å². The number of aryl methyl sites for hydroxylation is 1. The van der Waals surface area contributed by atoms with Crippen LogP contribution in [0.2, 0.25) is 0 Å². The average molecular weight is 360 g/mol. The van der Waals surface area contributed by atoms with Crippen molar-refractivity contribution in [3.05, 3.63) is 89.3 Å². The monoisotopic (exact) mass is 360 g/mol. The lowest BCUT2D eigenvalue weighted by Gasteiger charge is -2.16. The third kappa shape index (κ3) is 5.38. The van der Waals surface area contributed by atoms with Crippen molar-refractivity contribution in [2.24, 2.45) is 0 Å². The molecular formula is C22H24N4O. The van der Waals surface area contributed by atoms with Gasteiger partial charge in [-0.05, 0) is 30.5 Å². The summed E-state index contributed by atoms with van der Waals surface area (Å²) in [5, 5.41) is 11.2. The molecule has 0 aliphatic carbocycles. The predicted molar refractivity (Wildman–Crippen MR) is 107 cm³/mol. The summed E-state index contributed by atoms with van der Waals surface area (Å²) in [6.45, 7) is 4.76. The maximum Gasteiger partial charge on any atom is 0.244 e. The van der Waals surface area contributed by atoms with E-state index in [1.807, 2.05) is 36.5 Å². The molecule has 0 aliphatic rings. The van der Waals surface area contributed by atoms with Gasteiger partial charge in [-0.2, -0.15) is 0 Å². The van der Waals surface area contributed by atoms with E-state index in [-0.39, 0.29) is 11.9 Å². The fraction of sp³-hybridized carbons (Fsp3) is 0.227. The third-order valence-electron chi connectivity index (χ3n) is 4.35. The largest absolute Gasteiger partial charge is 0.346 e. The first-order valence-electron chi connectivity index (χ1n) is 9.13. The van der Waals surface area contributed by atoms with Gasteiger partial charge in [-0.15, -0.1) is 5.10 Å². The molecule has 0 saturated heterocycles. The Morgan fingerprint density at radius 3 is 2.59 bits per heavy atom. The van der Waals surface area contributed by atoms with Crippen LogP contribution in [0.4, 0.5) is 0 Å². The lowest BCUT2D eigenvalue weighted by molar-refractivity contribution is -0.117. The molecule has 138 valence electrons. The maximum absolute atomic E-state index is 12.3. The first kappa shape index (κ1) is 18.6. The highest BCUT2D eigenvalue weighted by Gasteiger charge is 2.11. The van der Waals surface area contributed by atoms with E-state index in [1.54, 1.807) is 10.8 Å². The van der Waals surface area contributed by atoms with Gasteiger partial charge in [-0.25, -0.2) is 4.68 Å². The number of amides is 1. The van der Waals surface area contributed by atoms with Gasteiger partial charge in [0, 0.05) is 6.08 Å². The van der Waals surface area contributed by atoms with Gasteiger partial charge in [0.2, 0.25) is 5.91 Å². The number of rotatable bonds is 7. The van der Waals surface area contributed by atoms with E-state index in [4.69, 9.17) is 0 Å². The Kier molecular flexibility index (Phi) is 6.15. The Morgan fingerprint density at radius 1 is 1.15 bits per heavy atom. The number of hydrogen-bond donors (Lipinski definition) is 1. The summed E-state index contributed by atoms with van der Waals surface area (Å²) in [5.74, 6) is -0.139. The molecule has 1 aromatic heterocycles. The van der Waals surface area contributed by atoms with Crippen LogP contribution < -0.4 is 5.32 Å². The highest BCUT2D eigenvalue weighted by molar-refractivity contribution is 5.91. The molecular weight excluding hydrogens is 336 g/mol. The van der Waals surface area contributed by atoms with E-state index in [2.05, 4.69) is 53.7 Å². The second-order valence-corrected chi connectivity index (χ2v) is 6.54. The molecule has 0 aliphatic heterocycles. The quantitative estimate of drug-likeness (QED) is 0.650. The molecule has 5 heteroatoms. The van der Waals surface area contributed by atoms with Crippen LogP contribution in [0.15, 0.2) is 66.9 Å². The van der Waals surface area contributed by atoms with Crippen molar-refractivity contribution < 1.29 is 4.79 Å². The maximum atomic E-state index is 12.3. The molecule has 0 unspecified atom stereocenters. The molecule has 0 radical (unpaired) electrons. The molecule has 0 saturated carbocycles. The minimum absolute atomic E-state index is 0.00323. The highest BCUT2D eigenvalue weighted by Crippen LogP contribution is 2.17. The predicted octanol–water partition coefficient (Wildman–Crippen LogP) is 3.92. The molecule has 1 heterocycles. The van der Waals surface area contributed by atoms with Crippen LogP contribution >= 0.6 is 0 Å². The van der Waals surface area contributed by atoms with Crippen molar-refractivity contribution in [1.82, 2.24) is 20.3 Å². The Labute approximate surface area is 159 Å². The minimum atomic E-state index is -0.139. The van der Waals surface area contributed by atoms with Gasteiger partial charge >= 0.3 is 0 Å². The van der Waals surface area contributed by atoms with Gasteiger partial charge in [-0.1, -0.05) is 72.3 Å². The normalized spacial score (nSPS) is 12.2. The molecule has 3 aromatic rings. The molecule has 3 rings (SSSR count). The summed E-state index contributed by atoms with van der Waals surface area (Å²) in [6, 6.07) is 18.3. The molecule has 0 spiro atoms. The molecule has 1 N–H and O–H groups in total. The summed E-state index contributed by atoms with van der Waals surface area (Å²) in [4.78, 5) is 12.3. The molecule has 5 nitrogen and oxygen atoms in total. The number of nitrogens with one attached hydrogen (secondary N) is 1. The number of aromatic nitrogens is 3. The number of nitrogens with zero attached hydrogens (tertiary/aromatic N) is 3. The van der Waals surface area contributed by atoms with Crippen molar-refractivity contribution in [3.8, 4) is 0 Å². The topological polar surface area (TPSA) is 59.8 Å². The van der Waals surface area contributed by atoms with E-state index >= 15 is 0 Å². The van der Waals surface area contributed by atoms with E-state index < -0.39 is 0 Å². The van der Waals surface area contributed by atoms with Crippen molar-refractivity contribution in [1.29, 1.82) is 0 Å². The fourth-order valence-corrected chi connectivity index (χ4v) is 2.84. The number of benzene rings is 2. The third-order valence-corrected chi connectivity index (χ3v) is 4.35. The van der Waals surface area contributed by atoms with Crippen LogP contribution in [0.3, 0.4) is 0 Å². The molecule has 1 atom stereocenters. The molecule has 2 aromatic carbocycles. The lowest BCUT2D eigenvalue weighted by atomic mass is 10.0. The average Bonchev–Trinajstić information content (AvgIpc) is 3.13. The SMILES string of the molecule is CC[C@H](NC(=O)/C=C/c1cn(Cc2ccccc2)nn1)c1ccc(C)cc1. The van der Waals surface area contributed by atoms with Gasteiger partial charge in [0.15, 0.2) is 0 Å². The van der Waals surface area contributed by atoms with Gasteiger partial charge < -0.3 is 5.32 Å². The molecule has 0 fully saturated rings. The van der Waals surface area contributed by atoms with Crippen LogP contribution in [0, 0.1) is 6.92 Å².